The normalized spacial score (nSPS) is 15.2. The van der Waals surface area contributed by atoms with Crippen molar-refractivity contribution >= 4 is 17.6 Å². The van der Waals surface area contributed by atoms with Gasteiger partial charge in [-0.2, -0.15) is 0 Å². The van der Waals surface area contributed by atoms with Crippen LogP contribution in [0.5, 0.6) is 0 Å². The second kappa shape index (κ2) is 8.66. The van der Waals surface area contributed by atoms with Crippen molar-refractivity contribution in [1.29, 1.82) is 0 Å². The van der Waals surface area contributed by atoms with Crippen molar-refractivity contribution in [2.24, 2.45) is 0 Å². The first kappa shape index (κ1) is 18.2. The molecule has 26 heavy (non-hydrogen) atoms. The van der Waals surface area contributed by atoms with Crippen molar-refractivity contribution in [1.82, 2.24) is 29.8 Å². The summed E-state index contributed by atoms with van der Waals surface area (Å²) in [4.78, 5) is 32.3. The second-order valence-electron chi connectivity index (χ2n) is 6.40. The van der Waals surface area contributed by atoms with Gasteiger partial charge in [-0.05, 0) is 19.1 Å². The summed E-state index contributed by atoms with van der Waals surface area (Å²) in [6.07, 6.45) is 4.65. The van der Waals surface area contributed by atoms with Gasteiger partial charge >= 0.3 is 6.03 Å². The number of nitrogens with one attached hydrogen (secondary N) is 2. The molecule has 1 aliphatic rings. The number of imidazole rings is 1. The Bertz CT molecular complexity index is 718. The lowest BCUT2D eigenvalue weighted by Gasteiger charge is -2.34. The number of piperazine rings is 1. The molecule has 0 bridgehead atoms. The molecule has 3 rings (SSSR count). The molecule has 1 aliphatic heterocycles. The Balaban J connectivity index is 1.38. The minimum Gasteiger partial charge on any atom is -0.355 e. The fourth-order valence-corrected chi connectivity index (χ4v) is 3.08. The van der Waals surface area contributed by atoms with E-state index in [1.54, 1.807) is 4.90 Å². The second-order valence-corrected chi connectivity index (χ2v) is 6.40. The van der Waals surface area contributed by atoms with Crippen molar-refractivity contribution < 1.29 is 9.59 Å². The van der Waals surface area contributed by atoms with Crippen LogP contribution in [0.4, 0.5) is 4.79 Å². The zero-order valence-electron chi connectivity index (χ0n) is 15.1. The molecular formula is C18H26N6O2. The number of carbonyl (C=O) groups is 2. The maximum atomic E-state index is 12.3. The van der Waals surface area contributed by atoms with E-state index >= 15 is 0 Å². The van der Waals surface area contributed by atoms with Gasteiger partial charge in [-0.3, -0.25) is 9.69 Å². The molecule has 0 radical (unpaired) electrons. The van der Waals surface area contributed by atoms with Crippen molar-refractivity contribution in [3.8, 4) is 0 Å². The molecule has 8 heteroatoms. The molecule has 0 aliphatic carbocycles. The smallest absolute Gasteiger partial charge is 0.317 e. The van der Waals surface area contributed by atoms with E-state index in [2.05, 4.69) is 20.5 Å². The minimum absolute atomic E-state index is 0.0397. The number of hydrogen-bond donors (Lipinski definition) is 2. The van der Waals surface area contributed by atoms with Crippen molar-refractivity contribution in [3.05, 3.63) is 36.3 Å². The average Bonchev–Trinajstić information content (AvgIpc) is 3.05. The molecule has 0 saturated carbocycles. The lowest BCUT2D eigenvalue weighted by molar-refractivity contribution is -0.122. The zero-order valence-corrected chi connectivity index (χ0v) is 15.1. The van der Waals surface area contributed by atoms with Gasteiger partial charge < -0.3 is 19.9 Å². The van der Waals surface area contributed by atoms with E-state index in [4.69, 9.17) is 0 Å². The van der Waals surface area contributed by atoms with Crippen LogP contribution in [0.15, 0.2) is 30.6 Å². The Labute approximate surface area is 153 Å². The fourth-order valence-electron chi connectivity index (χ4n) is 3.08. The Morgan fingerprint density at radius 1 is 1.15 bits per heavy atom. The maximum absolute atomic E-state index is 12.3. The van der Waals surface area contributed by atoms with Gasteiger partial charge in [-0.1, -0.05) is 6.07 Å². The number of nitrogens with zero attached hydrogens (tertiary/aromatic N) is 4. The molecule has 140 valence electrons. The molecule has 3 heterocycles. The number of fused-ring (bicyclic) bond motifs is 1. The van der Waals surface area contributed by atoms with Crippen LogP contribution in [-0.2, 0) is 11.2 Å². The number of carbonyl (C=O) groups excluding carboxylic acids is 2. The molecule has 2 N–H and O–H groups in total. The lowest BCUT2D eigenvalue weighted by Crippen LogP contribution is -2.53. The number of amides is 3. The average molecular weight is 358 g/mol. The molecule has 2 aromatic rings. The Kier molecular flexibility index (Phi) is 6.06. The number of hydrogen-bond acceptors (Lipinski definition) is 4. The van der Waals surface area contributed by atoms with Crippen LogP contribution in [0.1, 0.15) is 12.6 Å². The zero-order chi connectivity index (χ0) is 18.4. The molecule has 0 spiro atoms. The SMILES string of the molecule is CCNC(=O)CN1CCN(C(=O)NCCc2cn3ccccc3n2)CC1. The van der Waals surface area contributed by atoms with Gasteiger partial charge in [-0.25, -0.2) is 9.78 Å². The van der Waals surface area contributed by atoms with E-state index in [0.717, 1.165) is 24.4 Å². The molecule has 0 aromatic carbocycles. The van der Waals surface area contributed by atoms with Gasteiger partial charge in [0, 0.05) is 58.1 Å². The van der Waals surface area contributed by atoms with E-state index < -0.39 is 0 Å². The summed E-state index contributed by atoms with van der Waals surface area (Å²) in [6, 6.07) is 5.83. The highest BCUT2D eigenvalue weighted by Gasteiger charge is 2.22. The fraction of sp³-hybridized carbons (Fsp3) is 0.500. The van der Waals surface area contributed by atoms with Crippen LogP contribution in [0.2, 0.25) is 0 Å². The third-order valence-electron chi connectivity index (χ3n) is 4.47. The van der Waals surface area contributed by atoms with Crippen LogP contribution < -0.4 is 10.6 Å². The molecule has 0 unspecified atom stereocenters. The highest BCUT2D eigenvalue weighted by atomic mass is 16.2. The first-order valence-corrected chi connectivity index (χ1v) is 9.10. The number of rotatable bonds is 6. The van der Waals surface area contributed by atoms with E-state index in [0.29, 0.717) is 39.1 Å². The van der Waals surface area contributed by atoms with Gasteiger partial charge in [0.05, 0.1) is 12.2 Å². The number of pyridine rings is 1. The van der Waals surface area contributed by atoms with E-state index in [9.17, 15) is 9.59 Å². The largest absolute Gasteiger partial charge is 0.355 e. The third-order valence-corrected chi connectivity index (χ3v) is 4.47. The van der Waals surface area contributed by atoms with Gasteiger partial charge in [0.1, 0.15) is 5.65 Å². The quantitative estimate of drug-likeness (QED) is 0.780. The first-order valence-electron chi connectivity index (χ1n) is 9.10. The molecule has 2 aromatic heterocycles. The van der Waals surface area contributed by atoms with Crippen molar-refractivity contribution in [3.63, 3.8) is 0 Å². The minimum atomic E-state index is -0.0496. The maximum Gasteiger partial charge on any atom is 0.317 e. The van der Waals surface area contributed by atoms with Gasteiger partial charge in [0.15, 0.2) is 0 Å². The van der Waals surface area contributed by atoms with Crippen LogP contribution in [0.3, 0.4) is 0 Å². The molecule has 1 saturated heterocycles. The van der Waals surface area contributed by atoms with E-state index in [1.807, 2.05) is 41.9 Å². The van der Waals surface area contributed by atoms with Crippen LogP contribution >= 0.6 is 0 Å². The van der Waals surface area contributed by atoms with Gasteiger partial charge in [0.25, 0.3) is 0 Å². The Morgan fingerprint density at radius 3 is 2.69 bits per heavy atom. The molecule has 1 fully saturated rings. The van der Waals surface area contributed by atoms with E-state index in [-0.39, 0.29) is 11.9 Å². The standard InChI is InChI=1S/C18H26N6O2/c1-2-19-17(25)14-22-9-11-23(12-10-22)18(26)20-7-6-15-13-24-8-4-3-5-16(24)21-15/h3-5,8,13H,2,6-7,9-12,14H2,1H3,(H,19,25)(H,20,26). The summed E-state index contributed by atoms with van der Waals surface area (Å²) in [5.74, 6) is 0.0397. The molecule has 8 nitrogen and oxygen atoms in total. The van der Waals surface area contributed by atoms with Gasteiger partial charge in [0.2, 0.25) is 5.91 Å². The summed E-state index contributed by atoms with van der Waals surface area (Å²) in [5.41, 5.74) is 1.88. The Hall–Kier alpha value is -2.61. The van der Waals surface area contributed by atoms with Crippen LogP contribution in [-0.4, -0.2) is 76.9 Å². The highest BCUT2D eigenvalue weighted by Crippen LogP contribution is 2.05. The summed E-state index contributed by atoms with van der Waals surface area (Å²) in [5, 5.41) is 5.76. The molecule has 3 amide bonds. The summed E-state index contributed by atoms with van der Waals surface area (Å²) in [6.45, 7) is 6.23. The number of likely N-dealkylation sites (N-methyl/N-ethyl adjacent to an activating group) is 1. The topological polar surface area (TPSA) is 82.0 Å². The molecule has 0 atom stereocenters. The summed E-state index contributed by atoms with van der Waals surface area (Å²) < 4.78 is 1.98. The van der Waals surface area contributed by atoms with Crippen molar-refractivity contribution in [2.45, 2.75) is 13.3 Å². The van der Waals surface area contributed by atoms with Crippen LogP contribution in [0, 0.1) is 0 Å². The molecular weight excluding hydrogens is 332 g/mol. The lowest BCUT2D eigenvalue weighted by atomic mass is 10.3. The van der Waals surface area contributed by atoms with Gasteiger partial charge in [-0.15, -0.1) is 0 Å². The highest BCUT2D eigenvalue weighted by molar-refractivity contribution is 5.78. The summed E-state index contributed by atoms with van der Waals surface area (Å²) >= 11 is 0. The van der Waals surface area contributed by atoms with Crippen molar-refractivity contribution in [2.75, 3.05) is 45.8 Å². The first-order chi connectivity index (χ1) is 12.7. The van der Waals surface area contributed by atoms with E-state index in [1.165, 1.54) is 0 Å². The predicted octanol–water partition coefficient (Wildman–Crippen LogP) is 0.340. The monoisotopic (exact) mass is 358 g/mol. The number of aromatic nitrogens is 2. The third kappa shape index (κ3) is 4.72. The summed E-state index contributed by atoms with van der Waals surface area (Å²) in [7, 11) is 0. The Morgan fingerprint density at radius 2 is 1.96 bits per heavy atom. The predicted molar refractivity (Wildman–Crippen MR) is 99.0 cm³/mol. The number of urea groups is 1. The van der Waals surface area contributed by atoms with Crippen LogP contribution in [0.25, 0.3) is 5.65 Å².